The number of aryl methyl sites for hydroxylation is 2. The smallest absolute Gasteiger partial charge is 0.267 e. The van der Waals surface area contributed by atoms with Gasteiger partial charge in [-0.3, -0.25) is 4.79 Å². The predicted molar refractivity (Wildman–Crippen MR) is 71.9 cm³/mol. The highest BCUT2D eigenvalue weighted by Crippen LogP contribution is 2.16. The van der Waals surface area contributed by atoms with Crippen molar-refractivity contribution in [3.05, 3.63) is 51.2 Å². The van der Waals surface area contributed by atoms with E-state index >= 15 is 0 Å². The number of hydrogen-bond donors (Lipinski definition) is 0. The molecule has 0 amide bonds. The first kappa shape index (κ1) is 11.9. The molecule has 2 heterocycles. The molecule has 0 radical (unpaired) electrons. The van der Waals surface area contributed by atoms with E-state index in [4.69, 9.17) is 16.1 Å². The number of nitrogens with zero attached hydrogens (tertiary/aromatic N) is 3. The lowest BCUT2D eigenvalue weighted by Gasteiger charge is -2.07. The van der Waals surface area contributed by atoms with Gasteiger partial charge in [0.05, 0.1) is 10.9 Å². The molecule has 0 aliphatic heterocycles. The van der Waals surface area contributed by atoms with Crippen molar-refractivity contribution < 1.29 is 4.52 Å². The average Bonchev–Trinajstić information content (AvgIpc) is 2.77. The minimum absolute atomic E-state index is 0.210. The molecule has 2 aromatic heterocycles. The molecule has 0 aliphatic rings. The second-order valence-electron chi connectivity index (χ2n) is 4.26. The van der Waals surface area contributed by atoms with E-state index in [0.29, 0.717) is 33.3 Å². The molecule has 0 saturated heterocycles. The van der Waals surface area contributed by atoms with E-state index in [0.717, 1.165) is 0 Å². The lowest BCUT2D eigenvalue weighted by Crippen LogP contribution is -2.22. The molecule has 1 aromatic carbocycles. The fourth-order valence-corrected chi connectivity index (χ4v) is 2.17. The molecule has 0 N–H and O–H groups in total. The molecule has 3 aromatic rings. The monoisotopic (exact) mass is 275 g/mol. The lowest BCUT2D eigenvalue weighted by atomic mass is 10.2. The van der Waals surface area contributed by atoms with Gasteiger partial charge in [0.15, 0.2) is 5.82 Å². The first-order chi connectivity index (χ1) is 9.06. The molecule has 3 rings (SSSR count). The van der Waals surface area contributed by atoms with E-state index in [1.807, 2.05) is 0 Å². The molecule has 0 atom stereocenters. The summed E-state index contributed by atoms with van der Waals surface area (Å²) in [5.41, 5.74) is 0.404. The van der Waals surface area contributed by atoms with Crippen LogP contribution in [0, 0.1) is 13.8 Å². The summed E-state index contributed by atoms with van der Waals surface area (Å²) in [6.45, 7) is 3.52. The third kappa shape index (κ3) is 1.92. The fraction of sp³-hybridized carbons (Fsp3) is 0.154. The molecule has 0 aliphatic carbocycles. The Labute approximate surface area is 113 Å². The summed E-state index contributed by atoms with van der Waals surface area (Å²) < 4.78 is 6.41. The van der Waals surface area contributed by atoms with Gasteiger partial charge in [-0.25, -0.2) is 9.55 Å². The van der Waals surface area contributed by atoms with Crippen LogP contribution in [-0.2, 0) is 0 Å². The van der Waals surface area contributed by atoms with Crippen molar-refractivity contribution in [1.82, 2.24) is 14.7 Å². The van der Waals surface area contributed by atoms with Crippen molar-refractivity contribution in [3.8, 4) is 5.82 Å². The van der Waals surface area contributed by atoms with Gasteiger partial charge in [0.2, 0.25) is 0 Å². The number of hydrogen-bond acceptors (Lipinski definition) is 4. The third-order valence-electron chi connectivity index (χ3n) is 2.84. The number of benzene rings is 1. The minimum Gasteiger partial charge on any atom is -0.360 e. The number of aromatic nitrogens is 3. The van der Waals surface area contributed by atoms with Crippen molar-refractivity contribution in [2.24, 2.45) is 0 Å². The van der Waals surface area contributed by atoms with Crippen LogP contribution < -0.4 is 5.56 Å². The van der Waals surface area contributed by atoms with Crippen LogP contribution in [0.15, 0.2) is 33.6 Å². The van der Waals surface area contributed by atoms with Crippen molar-refractivity contribution in [1.29, 1.82) is 0 Å². The van der Waals surface area contributed by atoms with Crippen molar-refractivity contribution in [3.63, 3.8) is 0 Å². The number of rotatable bonds is 1. The molecule has 5 nitrogen and oxygen atoms in total. The van der Waals surface area contributed by atoms with Gasteiger partial charge in [0.1, 0.15) is 11.6 Å². The summed E-state index contributed by atoms with van der Waals surface area (Å²) in [5.74, 6) is 1.61. The quantitative estimate of drug-likeness (QED) is 0.685. The van der Waals surface area contributed by atoms with Gasteiger partial charge in [0.25, 0.3) is 5.56 Å². The van der Waals surface area contributed by atoms with Gasteiger partial charge in [-0.15, -0.1) is 0 Å². The van der Waals surface area contributed by atoms with Gasteiger partial charge >= 0.3 is 0 Å². The Morgan fingerprint density at radius 3 is 2.74 bits per heavy atom. The average molecular weight is 276 g/mol. The lowest BCUT2D eigenvalue weighted by molar-refractivity contribution is 0.394. The van der Waals surface area contributed by atoms with Crippen LogP contribution in [0.4, 0.5) is 0 Å². The maximum Gasteiger partial charge on any atom is 0.267 e. The highest BCUT2D eigenvalue weighted by Gasteiger charge is 2.13. The number of halogens is 1. The van der Waals surface area contributed by atoms with Crippen molar-refractivity contribution >= 4 is 22.5 Å². The maximum atomic E-state index is 12.5. The van der Waals surface area contributed by atoms with E-state index in [2.05, 4.69) is 10.1 Å². The molecule has 0 unspecified atom stereocenters. The minimum atomic E-state index is -0.210. The topological polar surface area (TPSA) is 60.9 Å². The Kier molecular flexibility index (Phi) is 2.64. The predicted octanol–water partition coefficient (Wildman–Crippen LogP) is 2.64. The van der Waals surface area contributed by atoms with Crippen molar-refractivity contribution in [2.45, 2.75) is 13.8 Å². The van der Waals surface area contributed by atoms with E-state index in [1.165, 1.54) is 4.57 Å². The zero-order valence-corrected chi connectivity index (χ0v) is 11.1. The van der Waals surface area contributed by atoms with Crippen LogP contribution in [0.5, 0.6) is 0 Å². The highest BCUT2D eigenvalue weighted by molar-refractivity contribution is 6.31. The van der Waals surface area contributed by atoms with Crippen LogP contribution in [0.25, 0.3) is 16.7 Å². The first-order valence-corrected chi connectivity index (χ1v) is 6.06. The Morgan fingerprint density at radius 1 is 1.26 bits per heavy atom. The summed E-state index contributed by atoms with van der Waals surface area (Å²) in [6.07, 6.45) is 0. The second kappa shape index (κ2) is 4.20. The Balaban J connectivity index is 2.40. The molecule has 0 bridgehead atoms. The molecule has 0 fully saturated rings. The van der Waals surface area contributed by atoms with Crippen LogP contribution in [-0.4, -0.2) is 14.7 Å². The van der Waals surface area contributed by atoms with Crippen LogP contribution in [0.3, 0.4) is 0 Å². The summed E-state index contributed by atoms with van der Waals surface area (Å²) in [7, 11) is 0. The molecular formula is C13H10ClN3O2. The number of fused-ring (bicyclic) bond motifs is 1. The Bertz CT molecular complexity index is 836. The molecule has 96 valence electrons. The van der Waals surface area contributed by atoms with E-state index in [9.17, 15) is 4.79 Å². The molecule has 6 heteroatoms. The SMILES string of the molecule is Cc1cc(-n2c(C)nc3ccc(Cl)cc3c2=O)no1. The van der Waals surface area contributed by atoms with Crippen LogP contribution in [0.2, 0.25) is 5.02 Å². The van der Waals surface area contributed by atoms with Crippen LogP contribution >= 0.6 is 11.6 Å². The van der Waals surface area contributed by atoms with Gasteiger partial charge < -0.3 is 4.52 Å². The van der Waals surface area contributed by atoms with Gasteiger partial charge in [0, 0.05) is 11.1 Å². The summed E-state index contributed by atoms with van der Waals surface area (Å²) in [5, 5.41) is 4.81. The largest absolute Gasteiger partial charge is 0.360 e. The summed E-state index contributed by atoms with van der Waals surface area (Å²) >= 11 is 5.92. The second-order valence-corrected chi connectivity index (χ2v) is 4.69. The van der Waals surface area contributed by atoms with Crippen LogP contribution in [0.1, 0.15) is 11.6 Å². The molecule has 0 saturated carbocycles. The maximum absolute atomic E-state index is 12.5. The van der Waals surface area contributed by atoms with E-state index in [-0.39, 0.29) is 5.56 Å². The fourth-order valence-electron chi connectivity index (χ4n) is 2.00. The first-order valence-electron chi connectivity index (χ1n) is 5.69. The van der Waals surface area contributed by atoms with Gasteiger partial charge in [-0.1, -0.05) is 16.8 Å². The standard InChI is InChI=1S/C13H10ClN3O2/c1-7-5-12(16-19-7)17-8(2)15-11-4-3-9(14)6-10(11)13(17)18/h3-6H,1-2H3. The van der Waals surface area contributed by atoms with E-state index in [1.54, 1.807) is 38.1 Å². The Morgan fingerprint density at radius 2 is 2.05 bits per heavy atom. The van der Waals surface area contributed by atoms with Gasteiger partial charge in [-0.05, 0) is 32.0 Å². The van der Waals surface area contributed by atoms with E-state index < -0.39 is 0 Å². The highest BCUT2D eigenvalue weighted by atomic mass is 35.5. The third-order valence-corrected chi connectivity index (χ3v) is 3.08. The van der Waals surface area contributed by atoms with Crippen molar-refractivity contribution in [2.75, 3.05) is 0 Å². The summed E-state index contributed by atoms with van der Waals surface area (Å²) in [6, 6.07) is 6.73. The Hall–Kier alpha value is -2.14. The molecule has 0 spiro atoms. The van der Waals surface area contributed by atoms with Gasteiger partial charge in [-0.2, -0.15) is 0 Å². The molecular weight excluding hydrogens is 266 g/mol. The zero-order valence-electron chi connectivity index (χ0n) is 10.3. The molecule has 19 heavy (non-hydrogen) atoms. The summed E-state index contributed by atoms with van der Waals surface area (Å²) in [4.78, 5) is 16.9. The normalized spacial score (nSPS) is 11.1. The zero-order chi connectivity index (χ0) is 13.6.